The molecule has 0 amide bonds. The van der Waals surface area contributed by atoms with Crippen molar-refractivity contribution in [2.75, 3.05) is 31.1 Å². The molecule has 1 aliphatic rings. The lowest BCUT2D eigenvalue weighted by Gasteiger charge is -2.28. The molecule has 0 unspecified atom stereocenters. The van der Waals surface area contributed by atoms with Gasteiger partial charge in [0.15, 0.2) is 11.6 Å². The number of rotatable bonds is 2. The maximum absolute atomic E-state index is 4.69. The Hall–Kier alpha value is -2.01. The summed E-state index contributed by atoms with van der Waals surface area (Å²) in [6.07, 6.45) is 1.75. The Kier molecular flexibility index (Phi) is 3.60. The Balaban J connectivity index is 1.96. The summed E-state index contributed by atoms with van der Waals surface area (Å²) in [4.78, 5) is 6.94. The minimum absolute atomic E-state index is 0.710. The van der Waals surface area contributed by atoms with Crippen LogP contribution in [0.15, 0.2) is 24.4 Å². The summed E-state index contributed by atoms with van der Waals surface area (Å²) in [5.41, 5.74) is 3.45. The van der Waals surface area contributed by atoms with Crippen LogP contribution in [0, 0.1) is 13.8 Å². The molecule has 1 aromatic heterocycles. The van der Waals surface area contributed by atoms with Crippen molar-refractivity contribution >= 4 is 5.82 Å². The molecule has 0 bridgehead atoms. The first-order chi connectivity index (χ1) is 9.74. The molecular weight excluding hydrogens is 250 g/mol. The molecular formula is C15H19N5. The summed E-state index contributed by atoms with van der Waals surface area (Å²) < 4.78 is 0. The zero-order valence-corrected chi connectivity index (χ0v) is 11.9. The average Bonchev–Trinajstić information content (AvgIpc) is 2.51. The number of piperazine rings is 1. The van der Waals surface area contributed by atoms with E-state index in [0.717, 1.165) is 37.6 Å². The van der Waals surface area contributed by atoms with E-state index >= 15 is 0 Å². The molecule has 104 valence electrons. The van der Waals surface area contributed by atoms with Gasteiger partial charge in [-0.3, -0.25) is 0 Å². The van der Waals surface area contributed by atoms with Gasteiger partial charge in [0, 0.05) is 31.7 Å². The van der Waals surface area contributed by atoms with Crippen molar-refractivity contribution in [2.45, 2.75) is 13.8 Å². The average molecular weight is 269 g/mol. The number of hydrogen-bond donors (Lipinski definition) is 1. The number of anilines is 1. The molecule has 3 rings (SSSR count). The molecule has 1 aliphatic heterocycles. The van der Waals surface area contributed by atoms with Gasteiger partial charge in [0.1, 0.15) is 0 Å². The molecule has 1 fully saturated rings. The highest BCUT2D eigenvalue weighted by Crippen LogP contribution is 2.22. The molecule has 0 aliphatic carbocycles. The van der Waals surface area contributed by atoms with Crippen LogP contribution >= 0.6 is 0 Å². The highest BCUT2D eigenvalue weighted by Gasteiger charge is 2.14. The standard InChI is InChI=1S/C15H19N5/c1-11-3-4-12(2)13(9-11)15-18-14(10-17-19-15)20-7-5-16-6-8-20/h3-4,9-10,16H,5-8H2,1-2H3. The molecule has 2 heterocycles. The first kappa shape index (κ1) is 13.0. The second kappa shape index (κ2) is 5.54. The number of hydrogen-bond acceptors (Lipinski definition) is 5. The van der Waals surface area contributed by atoms with Crippen LogP contribution in [-0.2, 0) is 0 Å². The number of benzene rings is 1. The summed E-state index contributed by atoms with van der Waals surface area (Å²) in [5.74, 6) is 1.62. The predicted octanol–water partition coefficient (Wildman–Crippen LogP) is 1.57. The highest BCUT2D eigenvalue weighted by molar-refractivity contribution is 5.62. The Bertz CT molecular complexity index is 605. The summed E-state index contributed by atoms with van der Waals surface area (Å²) in [5, 5.41) is 11.7. The summed E-state index contributed by atoms with van der Waals surface area (Å²) in [7, 11) is 0. The molecule has 1 N–H and O–H groups in total. The minimum atomic E-state index is 0.710. The monoisotopic (exact) mass is 269 g/mol. The third-order valence-electron chi connectivity index (χ3n) is 3.62. The fraction of sp³-hybridized carbons (Fsp3) is 0.400. The van der Waals surface area contributed by atoms with E-state index in [1.165, 1.54) is 11.1 Å². The lowest BCUT2D eigenvalue weighted by Crippen LogP contribution is -2.44. The van der Waals surface area contributed by atoms with Gasteiger partial charge in [-0.15, -0.1) is 5.10 Å². The molecule has 0 spiro atoms. The van der Waals surface area contributed by atoms with Gasteiger partial charge < -0.3 is 10.2 Å². The maximum atomic E-state index is 4.69. The molecule has 0 saturated carbocycles. The van der Waals surface area contributed by atoms with Crippen LogP contribution in [0.1, 0.15) is 11.1 Å². The van der Waals surface area contributed by atoms with Crippen LogP contribution in [0.5, 0.6) is 0 Å². The topological polar surface area (TPSA) is 53.9 Å². The normalized spacial score (nSPS) is 15.4. The highest BCUT2D eigenvalue weighted by atomic mass is 15.3. The fourth-order valence-corrected chi connectivity index (χ4v) is 2.43. The van der Waals surface area contributed by atoms with Crippen molar-refractivity contribution in [3.63, 3.8) is 0 Å². The van der Waals surface area contributed by atoms with Crippen LogP contribution in [0.4, 0.5) is 5.82 Å². The number of nitrogens with zero attached hydrogens (tertiary/aromatic N) is 4. The Morgan fingerprint density at radius 3 is 2.75 bits per heavy atom. The van der Waals surface area contributed by atoms with Crippen molar-refractivity contribution in [2.24, 2.45) is 0 Å². The lowest BCUT2D eigenvalue weighted by atomic mass is 10.1. The molecule has 1 aromatic carbocycles. The van der Waals surface area contributed by atoms with Crippen LogP contribution < -0.4 is 10.2 Å². The van der Waals surface area contributed by atoms with Gasteiger partial charge in [-0.05, 0) is 25.5 Å². The zero-order valence-electron chi connectivity index (χ0n) is 11.9. The molecule has 1 saturated heterocycles. The Morgan fingerprint density at radius 2 is 1.95 bits per heavy atom. The summed E-state index contributed by atoms with van der Waals surface area (Å²) >= 11 is 0. The second-order valence-corrected chi connectivity index (χ2v) is 5.19. The predicted molar refractivity (Wildman–Crippen MR) is 79.8 cm³/mol. The molecule has 20 heavy (non-hydrogen) atoms. The van der Waals surface area contributed by atoms with Crippen LogP contribution in [0.25, 0.3) is 11.4 Å². The van der Waals surface area contributed by atoms with Gasteiger partial charge in [-0.2, -0.15) is 5.10 Å². The smallest absolute Gasteiger partial charge is 0.184 e. The third-order valence-corrected chi connectivity index (χ3v) is 3.62. The number of aryl methyl sites for hydroxylation is 2. The summed E-state index contributed by atoms with van der Waals surface area (Å²) in [6.45, 7) is 8.06. The number of aromatic nitrogens is 3. The van der Waals surface area contributed by atoms with E-state index in [0.29, 0.717) is 5.82 Å². The quantitative estimate of drug-likeness (QED) is 0.896. The number of nitrogens with one attached hydrogen (secondary N) is 1. The van der Waals surface area contributed by atoms with Crippen molar-refractivity contribution in [3.05, 3.63) is 35.5 Å². The van der Waals surface area contributed by atoms with Crippen molar-refractivity contribution in [1.82, 2.24) is 20.5 Å². The van der Waals surface area contributed by atoms with Gasteiger partial charge in [0.25, 0.3) is 0 Å². The molecule has 5 heteroatoms. The molecule has 0 radical (unpaired) electrons. The zero-order chi connectivity index (χ0) is 13.9. The summed E-state index contributed by atoms with van der Waals surface area (Å²) in [6, 6.07) is 6.33. The molecule has 5 nitrogen and oxygen atoms in total. The lowest BCUT2D eigenvalue weighted by molar-refractivity contribution is 0.583. The van der Waals surface area contributed by atoms with Crippen LogP contribution in [0.2, 0.25) is 0 Å². The van der Waals surface area contributed by atoms with Crippen molar-refractivity contribution in [3.8, 4) is 11.4 Å². The SMILES string of the molecule is Cc1ccc(C)c(-c2nncc(N3CCNCC3)n2)c1. The third kappa shape index (κ3) is 2.63. The Morgan fingerprint density at radius 1 is 1.15 bits per heavy atom. The Labute approximate surface area is 119 Å². The van der Waals surface area contributed by atoms with Gasteiger partial charge in [-0.25, -0.2) is 4.98 Å². The van der Waals surface area contributed by atoms with E-state index < -0.39 is 0 Å². The van der Waals surface area contributed by atoms with Gasteiger partial charge in [0.05, 0.1) is 6.20 Å². The molecule has 2 aromatic rings. The van der Waals surface area contributed by atoms with Crippen molar-refractivity contribution < 1.29 is 0 Å². The molecule has 0 atom stereocenters. The van der Waals surface area contributed by atoms with Crippen LogP contribution in [-0.4, -0.2) is 41.4 Å². The van der Waals surface area contributed by atoms with E-state index in [1.807, 2.05) is 0 Å². The van der Waals surface area contributed by atoms with E-state index in [1.54, 1.807) is 6.20 Å². The first-order valence-electron chi connectivity index (χ1n) is 6.97. The maximum Gasteiger partial charge on any atom is 0.184 e. The van der Waals surface area contributed by atoms with E-state index in [9.17, 15) is 0 Å². The van der Waals surface area contributed by atoms with E-state index in [4.69, 9.17) is 4.98 Å². The largest absolute Gasteiger partial charge is 0.353 e. The van der Waals surface area contributed by atoms with E-state index in [-0.39, 0.29) is 0 Å². The van der Waals surface area contributed by atoms with E-state index in [2.05, 4.69) is 52.5 Å². The minimum Gasteiger partial charge on any atom is -0.353 e. The van der Waals surface area contributed by atoms with Crippen LogP contribution in [0.3, 0.4) is 0 Å². The fourth-order valence-electron chi connectivity index (χ4n) is 2.43. The first-order valence-corrected chi connectivity index (χ1v) is 6.97. The van der Waals surface area contributed by atoms with Crippen molar-refractivity contribution in [1.29, 1.82) is 0 Å². The van der Waals surface area contributed by atoms with Gasteiger partial charge >= 0.3 is 0 Å². The second-order valence-electron chi connectivity index (χ2n) is 5.19. The van der Waals surface area contributed by atoms with Gasteiger partial charge in [0.2, 0.25) is 0 Å². The van der Waals surface area contributed by atoms with Gasteiger partial charge in [-0.1, -0.05) is 17.7 Å².